The summed E-state index contributed by atoms with van der Waals surface area (Å²) in [6.45, 7) is 5.89. The zero-order valence-electron chi connectivity index (χ0n) is 13.6. The minimum atomic E-state index is 0.0941. The molecule has 5 nitrogen and oxygen atoms in total. The Morgan fingerprint density at radius 3 is 2.91 bits per heavy atom. The molecule has 0 saturated heterocycles. The summed E-state index contributed by atoms with van der Waals surface area (Å²) in [5.41, 5.74) is 2.93. The van der Waals surface area contributed by atoms with E-state index in [0.29, 0.717) is 5.69 Å². The van der Waals surface area contributed by atoms with Crippen molar-refractivity contribution in [3.8, 4) is 0 Å². The molecule has 0 N–H and O–H groups in total. The summed E-state index contributed by atoms with van der Waals surface area (Å²) in [4.78, 5) is 15.0. The predicted octanol–water partition coefficient (Wildman–Crippen LogP) is 2.78. The van der Waals surface area contributed by atoms with Crippen LogP contribution in [-0.4, -0.2) is 31.7 Å². The fraction of sp³-hybridized carbons (Fsp3) is 0.529. The second-order valence-electron chi connectivity index (χ2n) is 5.94. The van der Waals surface area contributed by atoms with Crippen LogP contribution < -0.4 is 0 Å². The lowest BCUT2D eigenvalue weighted by Crippen LogP contribution is -2.42. The first-order valence-electron chi connectivity index (χ1n) is 8.14. The van der Waals surface area contributed by atoms with Crippen molar-refractivity contribution in [3.63, 3.8) is 0 Å². The molecular formula is C17H24N4O. The number of aromatic nitrogens is 3. The fourth-order valence-electron chi connectivity index (χ4n) is 3.39. The maximum absolute atomic E-state index is 13.0. The molecule has 3 rings (SSSR count). The van der Waals surface area contributed by atoms with Crippen molar-refractivity contribution in [1.82, 2.24) is 19.2 Å². The van der Waals surface area contributed by atoms with Gasteiger partial charge in [-0.15, -0.1) is 0 Å². The first kappa shape index (κ1) is 14.9. The van der Waals surface area contributed by atoms with Crippen molar-refractivity contribution in [2.45, 2.75) is 45.7 Å². The predicted molar refractivity (Wildman–Crippen MR) is 85.7 cm³/mol. The highest BCUT2D eigenvalue weighted by atomic mass is 16.2. The molecule has 0 saturated carbocycles. The number of fused-ring (bicyclic) bond motifs is 1. The van der Waals surface area contributed by atoms with E-state index in [1.54, 1.807) is 4.68 Å². The normalized spacial score (nSPS) is 17.6. The van der Waals surface area contributed by atoms with Gasteiger partial charge in [0, 0.05) is 32.0 Å². The van der Waals surface area contributed by atoms with Crippen LogP contribution in [0, 0.1) is 0 Å². The Morgan fingerprint density at radius 2 is 2.18 bits per heavy atom. The first-order chi connectivity index (χ1) is 10.7. The number of rotatable bonds is 4. The summed E-state index contributed by atoms with van der Waals surface area (Å²) in [5.74, 6) is 0.0941. The third kappa shape index (κ3) is 2.45. The summed E-state index contributed by atoms with van der Waals surface area (Å²) in [6.07, 6.45) is 4.99. The molecule has 1 aliphatic heterocycles. The van der Waals surface area contributed by atoms with Gasteiger partial charge in [0.15, 0.2) is 0 Å². The van der Waals surface area contributed by atoms with Gasteiger partial charge in [0.25, 0.3) is 5.91 Å². The third-order valence-corrected chi connectivity index (χ3v) is 4.47. The molecule has 0 spiro atoms. The Hall–Kier alpha value is -2.04. The van der Waals surface area contributed by atoms with E-state index < -0.39 is 0 Å². The number of hydrogen-bond acceptors (Lipinski definition) is 2. The van der Waals surface area contributed by atoms with Crippen LogP contribution in [0.3, 0.4) is 0 Å². The summed E-state index contributed by atoms with van der Waals surface area (Å²) < 4.78 is 3.98. The number of amides is 1. The van der Waals surface area contributed by atoms with Gasteiger partial charge in [0.05, 0.1) is 11.7 Å². The average molecular weight is 300 g/mol. The minimum Gasteiger partial charge on any atom is -0.348 e. The van der Waals surface area contributed by atoms with E-state index in [-0.39, 0.29) is 11.9 Å². The standard InChI is InChI=1S/C17H24N4O/c1-4-7-13-12-16(19(3)18-13)17(22)21-11-10-20-9-6-8-15(20)14(21)5-2/h6,8-9,12,14H,4-5,7,10-11H2,1-3H3. The Labute approximate surface area is 131 Å². The Kier molecular flexibility index (Phi) is 4.05. The Balaban J connectivity index is 1.89. The van der Waals surface area contributed by atoms with Crippen molar-refractivity contribution < 1.29 is 4.79 Å². The van der Waals surface area contributed by atoms with Gasteiger partial charge in [-0.1, -0.05) is 20.3 Å². The van der Waals surface area contributed by atoms with E-state index >= 15 is 0 Å². The molecule has 1 amide bonds. The average Bonchev–Trinajstić information content (AvgIpc) is 3.12. The number of carbonyl (C=O) groups excluding carboxylic acids is 1. The van der Waals surface area contributed by atoms with E-state index in [1.807, 2.05) is 18.0 Å². The second-order valence-corrected chi connectivity index (χ2v) is 5.94. The number of nitrogens with zero attached hydrogens (tertiary/aromatic N) is 4. The Morgan fingerprint density at radius 1 is 1.36 bits per heavy atom. The molecule has 2 aromatic rings. The van der Waals surface area contributed by atoms with Gasteiger partial charge in [-0.25, -0.2) is 0 Å². The van der Waals surface area contributed by atoms with Gasteiger partial charge >= 0.3 is 0 Å². The number of hydrogen-bond donors (Lipinski definition) is 0. The van der Waals surface area contributed by atoms with Gasteiger partial charge in [-0.2, -0.15) is 5.10 Å². The molecule has 118 valence electrons. The molecule has 0 aliphatic carbocycles. The summed E-state index contributed by atoms with van der Waals surface area (Å²) >= 11 is 0. The minimum absolute atomic E-state index is 0.0941. The number of carbonyl (C=O) groups is 1. The zero-order chi connectivity index (χ0) is 15.7. The van der Waals surface area contributed by atoms with Gasteiger partial charge in [-0.3, -0.25) is 9.48 Å². The maximum atomic E-state index is 13.0. The highest BCUT2D eigenvalue weighted by Gasteiger charge is 2.31. The van der Waals surface area contributed by atoms with Gasteiger partial charge in [-0.05, 0) is 31.0 Å². The molecule has 0 fully saturated rings. The quantitative estimate of drug-likeness (QED) is 0.871. The molecule has 0 aromatic carbocycles. The molecule has 1 unspecified atom stereocenters. The summed E-state index contributed by atoms with van der Waals surface area (Å²) in [5, 5.41) is 4.47. The topological polar surface area (TPSA) is 43.1 Å². The van der Waals surface area contributed by atoms with Crippen LogP contribution in [0.15, 0.2) is 24.4 Å². The number of aryl methyl sites for hydroxylation is 2. The molecule has 1 aliphatic rings. The molecule has 0 bridgehead atoms. The monoisotopic (exact) mass is 300 g/mol. The van der Waals surface area contributed by atoms with E-state index in [1.165, 1.54) is 5.69 Å². The van der Waals surface area contributed by atoms with Crippen molar-refractivity contribution in [3.05, 3.63) is 41.5 Å². The van der Waals surface area contributed by atoms with Crippen LogP contribution in [0.1, 0.15) is 54.6 Å². The summed E-state index contributed by atoms with van der Waals surface area (Å²) in [6, 6.07) is 6.29. The van der Waals surface area contributed by atoms with E-state index in [0.717, 1.165) is 38.0 Å². The van der Waals surface area contributed by atoms with E-state index in [2.05, 4.69) is 41.8 Å². The SMILES string of the molecule is CCCc1cc(C(=O)N2CCn3cccc3C2CC)n(C)n1. The van der Waals surface area contributed by atoms with Crippen molar-refractivity contribution in [1.29, 1.82) is 0 Å². The first-order valence-corrected chi connectivity index (χ1v) is 8.14. The van der Waals surface area contributed by atoms with Crippen molar-refractivity contribution in [2.75, 3.05) is 6.54 Å². The smallest absolute Gasteiger partial charge is 0.272 e. The van der Waals surface area contributed by atoms with Crippen molar-refractivity contribution >= 4 is 5.91 Å². The van der Waals surface area contributed by atoms with Crippen molar-refractivity contribution in [2.24, 2.45) is 7.05 Å². The van der Waals surface area contributed by atoms with Crippen LogP contribution in [0.2, 0.25) is 0 Å². The largest absolute Gasteiger partial charge is 0.348 e. The molecular weight excluding hydrogens is 276 g/mol. The Bertz CT molecular complexity index is 670. The molecule has 3 heterocycles. The van der Waals surface area contributed by atoms with Gasteiger partial charge in [0.2, 0.25) is 0 Å². The van der Waals surface area contributed by atoms with Crippen LogP contribution in [0.25, 0.3) is 0 Å². The van der Waals surface area contributed by atoms with Crippen LogP contribution >= 0.6 is 0 Å². The summed E-state index contributed by atoms with van der Waals surface area (Å²) in [7, 11) is 1.86. The van der Waals surface area contributed by atoms with E-state index in [9.17, 15) is 4.79 Å². The lowest BCUT2D eigenvalue weighted by Gasteiger charge is -2.36. The lowest BCUT2D eigenvalue weighted by molar-refractivity contribution is 0.0606. The highest BCUT2D eigenvalue weighted by Crippen LogP contribution is 2.30. The highest BCUT2D eigenvalue weighted by molar-refractivity contribution is 5.93. The second kappa shape index (κ2) is 5.99. The van der Waals surface area contributed by atoms with E-state index in [4.69, 9.17) is 0 Å². The third-order valence-electron chi connectivity index (χ3n) is 4.47. The van der Waals surface area contributed by atoms with Gasteiger partial charge in [0.1, 0.15) is 5.69 Å². The van der Waals surface area contributed by atoms with Gasteiger partial charge < -0.3 is 9.47 Å². The fourth-order valence-corrected chi connectivity index (χ4v) is 3.39. The molecule has 0 radical (unpaired) electrons. The van der Waals surface area contributed by atoms with Crippen LogP contribution in [0.4, 0.5) is 0 Å². The lowest BCUT2D eigenvalue weighted by atomic mass is 10.1. The molecule has 5 heteroatoms. The molecule has 1 atom stereocenters. The van der Waals surface area contributed by atoms with Crippen LogP contribution in [0.5, 0.6) is 0 Å². The maximum Gasteiger partial charge on any atom is 0.272 e. The molecule has 22 heavy (non-hydrogen) atoms. The zero-order valence-corrected chi connectivity index (χ0v) is 13.6. The molecule has 2 aromatic heterocycles. The van der Waals surface area contributed by atoms with Crippen LogP contribution in [-0.2, 0) is 20.0 Å².